The summed E-state index contributed by atoms with van der Waals surface area (Å²) in [6.45, 7) is 4.52. The highest BCUT2D eigenvalue weighted by Gasteiger charge is 2.37. The van der Waals surface area contributed by atoms with Crippen LogP contribution < -0.4 is 5.32 Å². The fourth-order valence-corrected chi connectivity index (χ4v) is 3.97. The van der Waals surface area contributed by atoms with Gasteiger partial charge in [-0.3, -0.25) is 14.9 Å². The number of nitrogens with zero attached hydrogens (tertiary/aromatic N) is 3. The maximum atomic E-state index is 13.2. The van der Waals surface area contributed by atoms with Crippen LogP contribution in [0.2, 0.25) is 5.02 Å². The molecular formula is C21H23ClF3N5O. The molecule has 1 aromatic carbocycles. The summed E-state index contributed by atoms with van der Waals surface area (Å²) in [6, 6.07) is 4.92. The van der Waals surface area contributed by atoms with E-state index in [9.17, 15) is 18.0 Å². The first-order valence-electron chi connectivity index (χ1n) is 9.80. The zero-order valence-electron chi connectivity index (χ0n) is 17.3. The predicted molar refractivity (Wildman–Crippen MR) is 113 cm³/mol. The van der Waals surface area contributed by atoms with Gasteiger partial charge in [0, 0.05) is 37.1 Å². The second-order valence-corrected chi connectivity index (χ2v) is 7.53. The molecule has 0 saturated carbocycles. The number of rotatable bonds is 5. The van der Waals surface area contributed by atoms with Gasteiger partial charge in [-0.2, -0.15) is 18.3 Å². The Morgan fingerprint density at radius 3 is 2.71 bits per heavy atom. The van der Waals surface area contributed by atoms with Crippen LogP contribution in [0.3, 0.4) is 0 Å². The number of halogens is 4. The summed E-state index contributed by atoms with van der Waals surface area (Å²) >= 11 is 5.99. The summed E-state index contributed by atoms with van der Waals surface area (Å²) in [5.74, 6) is -0.550. The molecular weight excluding hydrogens is 431 g/mol. The number of hydrogen-bond donors (Lipinski definition) is 2. The molecule has 2 heterocycles. The van der Waals surface area contributed by atoms with E-state index in [1.165, 1.54) is 17.0 Å². The molecule has 1 aromatic heterocycles. The SMILES string of the molecule is CCN=C(C1=C(NC)CN(C(=O)c2cccc(C(F)(F)F)c2Cl)C(C)C1)c1ccn[nH]1. The van der Waals surface area contributed by atoms with Crippen molar-refractivity contribution in [2.24, 2.45) is 4.99 Å². The molecule has 31 heavy (non-hydrogen) atoms. The number of hydrogen-bond acceptors (Lipinski definition) is 4. The number of amides is 1. The number of carbonyl (C=O) groups is 1. The molecule has 10 heteroatoms. The first-order valence-corrected chi connectivity index (χ1v) is 10.2. The second-order valence-electron chi connectivity index (χ2n) is 7.15. The van der Waals surface area contributed by atoms with Crippen molar-refractivity contribution in [2.45, 2.75) is 32.5 Å². The summed E-state index contributed by atoms with van der Waals surface area (Å²) < 4.78 is 39.7. The second kappa shape index (κ2) is 9.13. The van der Waals surface area contributed by atoms with Crippen molar-refractivity contribution in [3.63, 3.8) is 0 Å². The molecule has 0 spiro atoms. The lowest BCUT2D eigenvalue weighted by molar-refractivity contribution is -0.137. The van der Waals surface area contributed by atoms with E-state index in [4.69, 9.17) is 11.6 Å². The van der Waals surface area contributed by atoms with E-state index in [1.54, 1.807) is 13.2 Å². The van der Waals surface area contributed by atoms with Crippen LogP contribution in [0.4, 0.5) is 13.2 Å². The van der Waals surface area contributed by atoms with Gasteiger partial charge in [0.05, 0.1) is 34.1 Å². The van der Waals surface area contributed by atoms with Crippen LogP contribution in [0.15, 0.2) is 46.7 Å². The number of likely N-dealkylation sites (N-methyl/N-ethyl adjacent to an activating group) is 1. The minimum Gasteiger partial charge on any atom is -0.390 e. The summed E-state index contributed by atoms with van der Waals surface area (Å²) in [5, 5.41) is 9.44. The molecule has 166 valence electrons. The first kappa shape index (κ1) is 22.9. The third-order valence-corrected chi connectivity index (χ3v) is 5.59. The van der Waals surface area contributed by atoms with E-state index >= 15 is 0 Å². The highest BCUT2D eigenvalue weighted by Crippen LogP contribution is 2.37. The third kappa shape index (κ3) is 4.61. The molecule has 2 N–H and O–H groups in total. The van der Waals surface area contributed by atoms with Gasteiger partial charge in [0.2, 0.25) is 0 Å². The molecule has 0 saturated heterocycles. The average Bonchev–Trinajstić information content (AvgIpc) is 3.25. The summed E-state index contributed by atoms with van der Waals surface area (Å²) in [4.78, 5) is 19.3. The van der Waals surface area contributed by atoms with E-state index < -0.39 is 22.7 Å². The molecule has 1 aliphatic rings. The molecule has 0 radical (unpaired) electrons. The third-order valence-electron chi connectivity index (χ3n) is 5.18. The van der Waals surface area contributed by atoms with Crippen molar-refractivity contribution in [3.05, 3.63) is 63.6 Å². The van der Waals surface area contributed by atoms with Gasteiger partial charge in [-0.25, -0.2) is 0 Å². The molecule has 1 amide bonds. The zero-order chi connectivity index (χ0) is 22.8. The van der Waals surface area contributed by atoms with Crippen molar-refractivity contribution in [2.75, 3.05) is 20.1 Å². The summed E-state index contributed by atoms with van der Waals surface area (Å²) in [6.07, 6.45) is -2.53. The van der Waals surface area contributed by atoms with Crippen LogP contribution in [0, 0.1) is 0 Å². The number of aliphatic imine (C=N–C) groups is 1. The van der Waals surface area contributed by atoms with Crippen LogP contribution in [0.1, 0.15) is 41.9 Å². The van der Waals surface area contributed by atoms with Crippen LogP contribution in [-0.4, -0.2) is 52.9 Å². The highest BCUT2D eigenvalue weighted by atomic mass is 35.5. The van der Waals surface area contributed by atoms with Crippen LogP contribution in [0.5, 0.6) is 0 Å². The topological polar surface area (TPSA) is 73.4 Å². The van der Waals surface area contributed by atoms with Gasteiger partial charge in [0.25, 0.3) is 5.91 Å². The number of benzene rings is 1. The Morgan fingerprint density at radius 1 is 1.39 bits per heavy atom. The molecule has 0 aliphatic carbocycles. The van der Waals surface area contributed by atoms with Crippen LogP contribution in [-0.2, 0) is 6.18 Å². The van der Waals surface area contributed by atoms with Crippen molar-refractivity contribution >= 4 is 23.2 Å². The van der Waals surface area contributed by atoms with Crippen LogP contribution in [0.25, 0.3) is 0 Å². The molecule has 1 aliphatic heterocycles. The Morgan fingerprint density at radius 2 is 2.13 bits per heavy atom. The van der Waals surface area contributed by atoms with Gasteiger partial charge in [0.1, 0.15) is 0 Å². The van der Waals surface area contributed by atoms with E-state index in [1.807, 2.05) is 19.9 Å². The van der Waals surface area contributed by atoms with Gasteiger partial charge in [0.15, 0.2) is 0 Å². The Balaban J connectivity index is 1.98. The van der Waals surface area contributed by atoms with Crippen LogP contribution >= 0.6 is 11.6 Å². The molecule has 1 atom stereocenters. The van der Waals surface area contributed by atoms with Crippen molar-refractivity contribution in [1.29, 1.82) is 0 Å². The van der Waals surface area contributed by atoms with Crippen molar-refractivity contribution in [3.8, 4) is 0 Å². The Bertz CT molecular complexity index is 1010. The minimum atomic E-state index is -4.64. The summed E-state index contributed by atoms with van der Waals surface area (Å²) in [5.41, 5.74) is 2.01. The number of aromatic nitrogens is 2. The maximum absolute atomic E-state index is 13.2. The minimum absolute atomic E-state index is 0.168. The highest BCUT2D eigenvalue weighted by molar-refractivity contribution is 6.34. The number of H-pyrrole nitrogens is 1. The molecule has 2 aromatic rings. The van der Waals surface area contributed by atoms with Gasteiger partial charge in [-0.15, -0.1) is 0 Å². The lowest BCUT2D eigenvalue weighted by Gasteiger charge is -2.37. The maximum Gasteiger partial charge on any atom is 0.417 e. The standard InChI is InChI=1S/C21H23ClF3N5O/c1-4-27-19(16-8-9-28-29-16)14-10-12(2)30(11-17(14)26-3)20(31)13-6-5-7-15(18(13)22)21(23,24)25/h5-9,12,26H,4,10-11H2,1-3H3,(H,28,29). The predicted octanol–water partition coefficient (Wildman–Crippen LogP) is 4.30. The number of nitrogens with one attached hydrogen (secondary N) is 2. The Labute approximate surface area is 183 Å². The number of aromatic amines is 1. The average molecular weight is 454 g/mol. The van der Waals surface area contributed by atoms with Gasteiger partial charge < -0.3 is 10.2 Å². The molecule has 0 fully saturated rings. The van der Waals surface area contributed by atoms with Gasteiger partial charge in [-0.1, -0.05) is 17.7 Å². The lowest BCUT2D eigenvalue weighted by atomic mass is 9.92. The van der Waals surface area contributed by atoms with Crippen molar-refractivity contribution in [1.82, 2.24) is 20.4 Å². The van der Waals surface area contributed by atoms with E-state index in [0.717, 1.165) is 28.7 Å². The summed E-state index contributed by atoms with van der Waals surface area (Å²) in [7, 11) is 1.74. The molecule has 1 unspecified atom stereocenters. The van der Waals surface area contributed by atoms with Gasteiger partial charge >= 0.3 is 6.18 Å². The Kier molecular flexibility index (Phi) is 6.74. The smallest absolute Gasteiger partial charge is 0.390 e. The van der Waals surface area contributed by atoms with E-state index in [0.29, 0.717) is 13.0 Å². The fourth-order valence-electron chi connectivity index (χ4n) is 3.65. The van der Waals surface area contributed by atoms with Gasteiger partial charge in [-0.05, 0) is 38.5 Å². The first-order chi connectivity index (χ1) is 14.7. The fraction of sp³-hybridized carbons (Fsp3) is 0.381. The van der Waals surface area contributed by atoms with Crippen molar-refractivity contribution < 1.29 is 18.0 Å². The lowest BCUT2D eigenvalue weighted by Crippen LogP contribution is -2.46. The molecule has 3 rings (SSSR count). The molecule has 6 nitrogen and oxygen atoms in total. The quantitative estimate of drug-likeness (QED) is 0.663. The number of carbonyl (C=O) groups excluding carboxylic acids is 1. The van der Waals surface area contributed by atoms with E-state index in [-0.39, 0.29) is 18.2 Å². The molecule has 0 bridgehead atoms. The Hall–Kier alpha value is -2.81. The zero-order valence-corrected chi connectivity index (χ0v) is 18.1. The monoisotopic (exact) mass is 453 g/mol. The number of alkyl halides is 3. The van der Waals surface area contributed by atoms with E-state index in [2.05, 4.69) is 20.5 Å². The largest absolute Gasteiger partial charge is 0.417 e. The normalized spacial score (nSPS) is 17.8.